The van der Waals surface area contributed by atoms with Crippen LogP contribution in [0.25, 0.3) is 22.5 Å². The van der Waals surface area contributed by atoms with Gasteiger partial charge in [-0.1, -0.05) is 26.0 Å². The minimum absolute atomic E-state index is 0.0849. The molecule has 0 radical (unpaired) electrons. The van der Waals surface area contributed by atoms with Crippen LogP contribution in [0.5, 0.6) is 11.5 Å². The van der Waals surface area contributed by atoms with Gasteiger partial charge in [0.15, 0.2) is 17.3 Å². The molecule has 31 heavy (non-hydrogen) atoms. The average molecular weight is 422 g/mol. The fourth-order valence-electron chi connectivity index (χ4n) is 4.07. The van der Waals surface area contributed by atoms with E-state index in [2.05, 4.69) is 39.8 Å². The Bertz CT molecular complexity index is 1070. The van der Waals surface area contributed by atoms with Gasteiger partial charge in [0.05, 0.1) is 14.2 Å². The summed E-state index contributed by atoms with van der Waals surface area (Å²) in [6, 6.07) is 11.5. The summed E-state index contributed by atoms with van der Waals surface area (Å²) >= 11 is 0. The van der Waals surface area contributed by atoms with E-state index in [4.69, 9.17) is 9.47 Å². The van der Waals surface area contributed by atoms with E-state index >= 15 is 0 Å². The lowest BCUT2D eigenvalue weighted by Crippen LogP contribution is -2.25. The highest BCUT2D eigenvalue weighted by Crippen LogP contribution is 2.51. The maximum absolute atomic E-state index is 12.9. The molecular formula is C23H27N5O3. The van der Waals surface area contributed by atoms with Crippen LogP contribution in [0, 0.1) is 11.3 Å². The molecule has 8 nitrogen and oxygen atoms in total. The number of aromatic amines is 1. The number of ether oxygens (including phenoxy) is 2. The number of carbonyl (C=O) groups excluding carboxylic acids is 1. The van der Waals surface area contributed by atoms with Crippen LogP contribution < -0.4 is 14.8 Å². The first kappa shape index (κ1) is 20.8. The molecular weight excluding hydrogens is 394 g/mol. The Morgan fingerprint density at radius 2 is 1.87 bits per heavy atom. The smallest absolute Gasteiger partial charge is 0.230 e. The van der Waals surface area contributed by atoms with Crippen LogP contribution in [-0.2, 0) is 4.79 Å². The maximum Gasteiger partial charge on any atom is 0.230 e. The monoisotopic (exact) mass is 421 g/mol. The van der Waals surface area contributed by atoms with Crippen molar-refractivity contribution in [3.8, 4) is 34.0 Å². The lowest BCUT2D eigenvalue weighted by molar-refractivity contribution is -0.121. The molecule has 3 aromatic rings. The van der Waals surface area contributed by atoms with Gasteiger partial charge in [0.25, 0.3) is 0 Å². The standard InChI is InChI=1S/C23H27N5O3/c1-14(2)13-23(9-10-23)22(29)24-16-6-7-17(18(12-16)21-25-27-28-26-21)15-5-8-19(30-3)20(11-15)31-4/h5-8,11-12,14H,9-10,13H2,1-4H3,(H,24,29)(H,25,26,27,28). The number of methoxy groups -OCH3 is 2. The molecule has 2 aromatic carbocycles. The van der Waals surface area contributed by atoms with Crippen molar-refractivity contribution in [3.63, 3.8) is 0 Å². The fraction of sp³-hybridized carbons (Fsp3) is 0.391. The lowest BCUT2D eigenvalue weighted by atomic mass is 9.93. The second kappa shape index (κ2) is 8.37. The third-order valence-corrected chi connectivity index (χ3v) is 5.71. The summed E-state index contributed by atoms with van der Waals surface area (Å²) in [6.07, 6.45) is 2.79. The summed E-state index contributed by atoms with van der Waals surface area (Å²) in [7, 11) is 3.21. The largest absolute Gasteiger partial charge is 0.493 e. The van der Waals surface area contributed by atoms with Crippen LogP contribution in [0.2, 0.25) is 0 Å². The predicted molar refractivity (Wildman–Crippen MR) is 118 cm³/mol. The Morgan fingerprint density at radius 1 is 1.10 bits per heavy atom. The number of nitrogens with zero attached hydrogens (tertiary/aromatic N) is 3. The average Bonchev–Trinajstić information content (AvgIpc) is 3.33. The van der Waals surface area contributed by atoms with E-state index < -0.39 is 0 Å². The molecule has 2 N–H and O–H groups in total. The number of anilines is 1. The van der Waals surface area contributed by atoms with E-state index in [0.29, 0.717) is 23.2 Å². The number of hydrogen-bond acceptors (Lipinski definition) is 6. The van der Waals surface area contributed by atoms with Gasteiger partial charge >= 0.3 is 0 Å². The molecule has 1 saturated carbocycles. The van der Waals surface area contributed by atoms with Gasteiger partial charge < -0.3 is 14.8 Å². The molecule has 1 heterocycles. The summed E-state index contributed by atoms with van der Waals surface area (Å²) < 4.78 is 10.8. The van der Waals surface area contributed by atoms with Gasteiger partial charge in [-0.05, 0) is 71.0 Å². The van der Waals surface area contributed by atoms with Gasteiger partial charge in [-0.25, -0.2) is 5.10 Å². The van der Waals surface area contributed by atoms with Gasteiger partial charge in [-0.3, -0.25) is 4.79 Å². The quantitative estimate of drug-likeness (QED) is 0.562. The van der Waals surface area contributed by atoms with E-state index in [1.54, 1.807) is 14.2 Å². The maximum atomic E-state index is 12.9. The highest BCUT2D eigenvalue weighted by molar-refractivity contribution is 5.98. The van der Waals surface area contributed by atoms with Crippen LogP contribution in [0.15, 0.2) is 36.4 Å². The van der Waals surface area contributed by atoms with Crippen molar-refractivity contribution < 1.29 is 14.3 Å². The Morgan fingerprint density at radius 3 is 2.48 bits per heavy atom. The molecule has 1 fully saturated rings. The number of H-pyrrole nitrogens is 1. The first-order valence-corrected chi connectivity index (χ1v) is 10.4. The predicted octanol–water partition coefficient (Wildman–Crippen LogP) is 4.32. The van der Waals surface area contributed by atoms with Gasteiger partial charge in [0, 0.05) is 16.7 Å². The van der Waals surface area contributed by atoms with E-state index in [9.17, 15) is 4.79 Å². The van der Waals surface area contributed by atoms with Crippen molar-refractivity contribution in [3.05, 3.63) is 36.4 Å². The van der Waals surface area contributed by atoms with E-state index in [-0.39, 0.29) is 11.3 Å². The number of benzene rings is 2. The first-order chi connectivity index (χ1) is 15.0. The molecule has 8 heteroatoms. The molecule has 0 atom stereocenters. The summed E-state index contributed by atoms with van der Waals surface area (Å²) in [5, 5.41) is 17.4. The molecule has 162 valence electrons. The Labute approximate surface area is 181 Å². The number of tetrazole rings is 1. The SMILES string of the molecule is COc1ccc(-c2ccc(NC(=O)C3(CC(C)C)CC3)cc2-c2nnn[nH]2)cc1OC. The number of amides is 1. The number of rotatable bonds is 8. The normalized spacial score (nSPS) is 14.4. The molecule has 0 aliphatic heterocycles. The number of nitrogens with one attached hydrogen (secondary N) is 2. The zero-order valence-electron chi connectivity index (χ0n) is 18.2. The van der Waals surface area contributed by atoms with Crippen LogP contribution in [-0.4, -0.2) is 40.8 Å². The highest BCUT2D eigenvalue weighted by atomic mass is 16.5. The highest BCUT2D eigenvalue weighted by Gasteiger charge is 2.49. The summed E-state index contributed by atoms with van der Waals surface area (Å²) in [5.41, 5.74) is 3.09. The van der Waals surface area contributed by atoms with Crippen molar-refractivity contribution in [1.29, 1.82) is 0 Å². The first-order valence-electron chi connectivity index (χ1n) is 10.4. The Kier molecular flexibility index (Phi) is 5.63. The molecule has 1 aliphatic rings. The molecule has 0 bridgehead atoms. The van der Waals surface area contributed by atoms with Crippen LogP contribution >= 0.6 is 0 Å². The third-order valence-electron chi connectivity index (χ3n) is 5.71. The summed E-state index contributed by atoms with van der Waals surface area (Å²) in [5.74, 6) is 2.36. The number of carbonyl (C=O) groups is 1. The third kappa shape index (κ3) is 4.23. The van der Waals surface area contributed by atoms with Crippen molar-refractivity contribution >= 4 is 11.6 Å². The topological polar surface area (TPSA) is 102 Å². The number of hydrogen-bond donors (Lipinski definition) is 2. The van der Waals surface area contributed by atoms with Crippen molar-refractivity contribution in [1.82, 2.24) is 20.6 Å². The van der Waals surface area contributed by atoms with Crippen LogP contribution in [0.1, 0.15) is 33.1 Å². The lowest BCUT2D eigenvalue weighted by Gasteiger charge is -2.18. The fourth-order valence-corrected chi connectivity index (χ4v) is 4.07. The van der Waals surface area contributed by atoms with Gasteiger partial charge in [-0.2, -0.15) is 0 Å². The van der Waals surface area contributed by atoms with E-state index in [0.717, 1.165) is 41.6 Å². The van der Waals surface area contributed by atoms with Crippen molar-refractivity contribution in [2.45, 2.75) is 33.1 Å². The Balaban J connectivity index is 1.69. The molecule has 1 aromatic heterocycles. The van der Waals surface area contributed by atoms with Crippen LogP contribution in [0.3, 0.4) is 0 Å². The molecule has 1 amide bonds. The van der Waals surface area contributed by atoms with Gasteiger partial charge in [0.1, 0.15) is 0 Å². The molecule has 0 saturated heterocycles. The molecule has 0 spiro atoms. The zero-order valence-corrected chi connectivity index (χ0v) is 18.2. The molecule has 1 aliphatic carbocycles. The zero-order chi connectivity index (χ0) is 22.0. The second-order valence-electron chi connectivity index (χ2n) is 8.41. The van der Waals surface area contributed by atoms with Crippen molar-refractivity contribution in [2.75, 3.05) is 19.5 Å². The Hall–Kier alpha value is -3.42. The van der Waals surface area contributed by atoms with E-state index in [1.807, 2.05) is 36.4 Å². The minimum atomic E-state index is -0.232. The van der Waals surface area contributed by atoms with Crippen LogP contribution in [0.4, 0.5) is 5.69 Å². The van der Waals surface area contributed by atoms with E-state index in [1.165, 1.54) is 0 Å². The molecule has 0 unspecified atom stereocenters. The minimum Gasteiger partial charge on any atom is -0.493 e. The number of aromatic nitrogens is 4. The second-order valence-corrected chi connectivity index (χ2v) is 8.41. The summed E-state index contributed by atoms with van der Waals surface area (Å²) in [6.45, 7) is 4.31. The summed E-state index contributed by atoms with van der Waals surface area (Å²) in [4.78, 5) is 12.9. The van der Waals surface area contributed by atoms with Gasteiger partial charge in [-0.15, -0.1) is 5.10 Å². The molecule has 4 rings (SSSR count). The van der Waals surface area contributed by atoms with Crippen molar-refractivity contribution in [2.24, 2.45) is 11.3 Å². The van der Waals surface area contributed by atoms with Gasteiger partial charge in [0.2, 0.25) is 5.91 Å².